The second kappa shape index (κ2) is 6.43. The molecule has 0 aliphatic carbocycles. The molecule has 0 aromatic carbocycles. The van der Waals surface area contributed by atoms with Gasteiger partial charge in [-0.15, -0.1) is 0 Å². The van der Waals surface area contributed by atoms with E-state index < -0.39 is 0 Å². The first-order valence-electron chi connectivity index (χ1n) is 7.96. The van der Waals surface area contributed by atoms with Crippen molar-refractivity contribution in [2.24, 2.45) is 5.92 Å². The van der Waals surface area contributed by atoms with Crippen molar-refractivity contribution in [2.45, 2.75) is 25.7 Å². The second-order valence-electron chi connectivity index (χ2n) is 6.18. The van der Waals surface area contributed by atoms with Gasteiger partial charge in [0.15, 0.2) is 0 Å². The molecule has 21 heavy (non-hydrogen) atoms. The zero-order chi connectivity index (χ0) is 14.7. The van der Waals surface area contributed by atoms with E-state index in [9.17, 15) is 4.79 Å². The predicted octanol–water partition coefficient (Wildman–Crippen LogP) is 1.61. The Labute approximate surface area is 126 Å². The molecule has 0 saturated carbocycles. The van der Waals surface area contributed by atoms with Crippen molar-refractivity contribution >= 4 is 11.7 Å². The SMILES string of the molecule is Nc1ncccc1C(=O)N1CCC(CN2CCCC2)CC1. The van der Waals surface area contributed by atoms with E-state index in [-0.39, 0.29) is 5.91 Å². The number of amides is 1. The van der Waals surface area contributed by atoms with Crippen LogP contribution in [0.5, 0.6) is 0 Å². The van der Waals surface area contributed by atoms with Crippen LogP contribution in [0.15, 0.2) is 18.3 Å². The Morgan fingerprint density at radius 1 is 1.24 bits per heavy atom. The molecule has 3 rings (SSSR count). The lowest BCUT2D eigenvalue weighted by Crippen LogP contribution is -2.41. The smallest absolute Gasteiger partial charge is 0.257 e. The highest BCUT2D eigenvalue weighted by atomic mass is 16.2. The molecule has 5 heteroatoms. The molecule has 2 N–H and O–H groups in total. The minimum atomic E-state index is 0.0280. The highest BCUT2D eigenvalue weighted by Crippen LogP contribution is 2.22. The van der Waals surface area contributed by atoms with Crippen LogP contribution in [-0.4, -0.2) is 53.4 Å². The first-order valence-corrected chi connectivity index (χ1v) is 7.96. The van der Waals surface area contributed by atoms with E-state index in [4.69, 9.17) is 5.73 Å². The molecular weight excluding hydrogens is 264 g/mol. The summed E-state index contributed by atoms with van der Waals surface area (Å²) in [7, 11) is 0. The molecule has 2 aliphatic heterocycles. The highest BCUT2D eigenvalue weighted by molar-refractivity contribution is 5.98. The fourth-order valence-electron chi connectivity index (χ4n) is 3.42. The van der Waals surface area contributed by atoms with Crippen molar-refractivity contribution in [2.75, 3.05) is 38.5 Å². The van der Waals surface area contributed by atoms with Crippen LogP contribution in [0.3, 0.4) is 0 Å². The summed E-state index contributed by atoms with van der Waals surface area (Å²) in [6.07, 6.45) is 6.51. The Hall–Kier alpha value is -1.62. The average Bonchev–Trinajstić information content (AvgIpc) is 3.01. The van der Waals surface area contributed by atoms with E-state index in [1.165, 1.54) is 32.5 Å². The molecule has 114 valence electrons. The predicted molar refractivity (Wildman–Crippen MR) is 83.0 cm³/mol. The number of carbonyl (C=O) groups excluding carboxylic acids is 1. The van der Waals surface area contributed by atoms with Gasteiger partial charge in [0.2, 0.25) is 0 Å². The molecule has 0 atom stereocenters. The minimum Gasteiger partial charge on any atom is -0.383 e. The van der Waals surface area contributed by atoms with Gasteiger partial charge in [-0.1, -0.05) is 0 Å². The maximum absolute atomic E-state index is 12.5. The van der Waals surface area contributed by atoms with Gasteiger partial charge in [0, 0.05) is 25.8 Å². The van der Waals surface area contributed by atoms with Crippen molar-refractivity contribution in [3.8, 4) is 0 Å². The number of anilines is 1. The summed E-state index contributed by atoms with van der Waals surface area (Å²) in [5, 5.41) is 0. The summed E-state index contributed by atoms with van der Waals surface area (Å²) in [6.45, 7) is 5.39. The Balaban J connectivity index is 1.53. The van der Waals surface area contributed by atoms with Gasteiger partial charge in [-0.2, -0.15) is 0 Å². The van der Waals surface area contributed by atoms with Gasteiger partial charge >= 0.3 is 0 Å². The lowest BCUT2D eigenvalue weighted by molar-refractivity contribution is 0.0673. The zero-order valence-electron chi connectivity index (χ0n) is 12.5. The van der Waals surface area contributed by atoms with Crippen LogP contribution in [0.4, 0.5) is 5.82 Å². The second-order valence-corrected chi connectivity index (χ2v) is 6.18. The maximum atomic E-state index is 12.5. The number of rotatable bonds is 3. The number of hydrogen-bond acceptors (Lipinski definition) is 4. The van der Waals surface area contributed by atoms with Gasteiger partial charge in [-0.05, 0) is 56.8 Å². The molecule has 5 nitrogen and oxygen atoms in total. The van der Waals surface area contributed by atoms with Crippen LogP contribution < -0.4 is 5.73 Å². The summed E-state index contributed by atoms with van der Waals surface area (Å²) in [5.74, 6) is 1.10. The van der Waals surface area contributed by atoms with Crippen LogP contribution in [0.2, 0.25) is 0 Å². The molecule has 1 amide bonds. The van der Waals surface area contributed by atoms with Crippen LogP contribution in [-0.2, 0) is 0 Å². The number of hydrogen-bond donors (Lipinski definition) is 1. The molecule has 2 fully saturated rings. The van der Waals surface area contributed by atoms with Gasteiger partial charge in [-0.25, -0.2) is 4.98 Å². The quantitative estimate of drug-likeness (QED) is 0.918. The normalized spacial score (nSPS) is 20.9. The van der Waals surface area contributed by atoms with Crippen LogP contribution in [0.1, 0.15) is 36.0 Å². The lowest BCUT2D eigenvalue weighted by Gasteiger charge is -2.34. The summed E-state index contributed by atoms with van der Waals surface area (Å²) in [4.78, 5) is 21.0. The van der Waals surface area contributed by atoms with Gasteiger partial charge in [-0.3, -0.25) is 4.79 Å². The minimum absolute atomic E-state index is 0.0280. The van der Waals surface area contributed by atoms with E-state index in [1.807, 2.05) is 4.90 Å². The molecule has 3 heterocycles. The van der Waals surface area contributed by atoms with E-state index >= 15 is 0 Å². The topological polar surface area (TPSA) is 62.5 Å². The van der Waals surface area contributed by atoms with E-state index in [1.54, 1.807) is 18.3 Å². The first kappa shape index (κ1) is 14.3. The fourth-order valence-corrected chi connectivity index (χ4v) is 3.42. The number of aromatic nitrogens is 1. The van der Waals surface area contributed by atoms with Crippen LogP contribution in [0.25, 0.3) is 0 Å². The molecule has 0 spiro atoms. The maximum Gasteiger partial charge on any atom is 0.257 e. The molecule has 1 aromatic heterocycles. The Bertz CT molecular complexity index is 491. The monoisotopic (exact) mass is 288 g/mol. The number of nitrogens with zero attached hydrogens (tertiary/aromatic N) is 3. The van der Waals surface area contributed by atoms with Gasteiger partial charge in [0.1, 0.15) is 5.82 Å². The largest absolute Gasteiger partial charge is 0.383 e. The number of carbonyl (C=O) groups is 1. The third kappa shape index (κ3) is 3.35. The molecule has 0 bridgehead atoms. The molecule has 2 aliphatic rings. The molecule has 0 unspecified atom stereocenters. The Kier molecular flexibility index (Phi) is 4.39. The third-order valence-electron chi connectivity index (χ3n) is 4.69. The van der Waals surface area contributed by atoms with Gasteiger partial charge in [0.25, 0.3) is 5.91 Å². The number of piperidine rings is 1. The summed E-state index contributed by atoms with van der Waals surface area (Å²) >= 11 is 0. The van der Waals surface area contributed by atoms with Gasteiger partial charge < -0.3 is 15.5 Å². The summed E-state index contributed by atoms with van der Waals surface area (Å²) in [5.41, 5.74) is 6.34. The van der Waals surface area contributed by atoms with Crippen molar-refractivity contribution in [3.63, 3.8) is 0 Å². The first-order chi connectivity index (χ1) is 10.2. The van der Waals surface area contributed by atoms with Crippen molar-refractivity contribution in [1.29, 1.82) is 0 Å². The van der Waals surface area contributed by atoms with E-state index in [0.717, 1.165) is 31.8 Å². The fraction of sp³-hybridized carbons (Fsp3) is 0.625. The van der Waals surface area contributed by atoms with Crippen molar-refractivity contribution < 1.29 is 4.79 Å². The molecule has 0 radical (unpaired) electrons. The Morgan fingerprint density at radius 2 is 1.95 bits per heavy atom. The summed E-state index contributed by atoms with van der Waals surface area (Å²) < 4.78 is 0. The number of likely N-dealkylation sites (tertiary alicyclic amines) is 2. The number of nitrogens with two attached hydrogens (primary N) is 1. The zero-order valence-corrected chi connectivity index (χ0v) is 12.5. The average molecular weight is 288 g/mol. The van der Waals surface area contributed by atoms with Crippen molar-refractivity contribution in [3.05, 3.63) is 23.9 Å². The standard InChI is InChI=1S/C16H24N4O/c17-15-14(4-3-7-18-15)16(21)20-10-5-13(6-11-20)12-19-8-1-2-9-19/h3-4,7,13H,1-2,5-6,8-12H2,(H2,17,18). The van der Waals surface area contributed by atoms with E-state index in [0.29, 0.717) is 11.4 Å². The van der Waals surface area contributed by atoms with Crippen molar-refractivity contribution in [1.82, 2.24) is 14.8 Å². The van der Waals surface area contributed by atoms with Gasteiger partial charge in [0.05, 0.1) is 5.56 Å². The molecular formula is C16H24N4O. The van der Waals surface area contributed by atoms with Crippen LogP contribution in [0, 0.1) is 5.92 Å². The highest BCUT2D eigenvalue weighted by Gasteiger charge is 2.26. The van der Waals surface area contributed by atoms with Crippen LogP contribution >= 0.6 is 0 Å². The number of nitrogen functional groups attached to an aromatic ring is 1. The van der Waals surface area contributed by atoms with E-state index in [2.05, 4.69) is 9.88 Å². The lowest BCUT2D eigenvalue weighted by atomic mass is 9.96. The summed E-state index contributed by atoms with van der Waals surface area (Å²) in [6, 6.07) is 3.53. The third-order valence-corrected chi connectivity index (χ3v) is 4.69. The molecule has 2 saturated heterocycles. The molecule has 1 aromatic rings. The number of pyridine rings is 1. The Morgan fingerprint density at radius 3 is 2.62 bits per heavy atom.